The van der Waals surface area contributed by atoms with Crippen molar-refractivity contribution < 1.29 is 19.1 Å². The van der Waals surface area contributed by atoms with E-state index in [1.165, 1.54) is 0 Å². The Balaban J connectivity index is 1.45. The highest BCUT2D eigenvalue weighted by Gasteiger charge is 2.28. The van der Waals surface area contributed by atoms with Crippen LogP contribution in [0.15, 0.2) is 48.5 Å². The molecule has 1 aliphatic rings. The van der Waals surface area contributed by atoms with Crippen molar-refractivity contribution in [2.75, 3.05) is 32.8 Å². The normalized spacial score (nSPS) is 14.9. The summed E-state index contributed by atoms with van der Waals surface area (Å²) >= 11 is 5.87. The van der Waals surface area contributed by atoms with E-state index < -0.39 is 6.10 Å². The first-order valence-electron chi connectivity index (χ1n) is 10.2. The lowest BCUT2D eigenvalue weighted by atomic mass is 10.1. The molecule has 3 rings (SSSR count). The van der Waals surface area contributed by atoms with Crippen molar-refractivity contribution in [3.05, 3.63) is 59.1 Å². The predicted molar refractivity (Wildman–Crippen MR) is 116 cm³/mol. The molecule has 160 valence electrons. The van der Waals surface area contributed by atoms with Gasteiger partial charge in [0.1, 0.15) is 11.5 Å². The Labute approximate surface area is 182 Å². The highest BCUT2D eigenvalue weighted by atomic mass is 35.5. The van der Waals surface area contributed by atoms with Gasteiger partial charge in [0.2, 0.25) is 0 Å². The van der Waals surface area contributed by atoms with Gasteiger partial charge in [0.15, 0.2) is 12.7 Å². The van der Waals surface area contributed by atoms with Gasteiger partial charge in [0.05, 0.1) is 0 Å². The van der Waals surface area contributed by atoms with E-state index in [0.717, 1.165) is 17.7 Å². The van der Waals surface area contributed by atoms with E-state index in [-0.39, 0.29) is 18.4 Å². The van der Waals surface area contributed by atoms with E-state index >= 15 is 0 Å². The summed E-state index contributed by atoms with van der Waals surface area (Å²) in [6, 6.07) is 14.7. The molecule has 0 N–H and O–H groups in total. The van der Waals surface area contributed by atoms with Crippen molar-refractivity contribution >= 4 is 23.4 Å². The molecular weight excluding hydrogens is 404 g/mol. The SMILES string of the molecule is CCc1ccccc1OCC(=O)N1CCN(C(=O)C(C)Oc2ccc(Cl)cc2)CC1. The first-order chi connectivity index (χ1) is 14.5. The number of hydrogen-bond acceptors (Lipinski definition) is 4. The second kappa shape index (κ2) is 10.3. The maximum atomic E-state index is 12.7. The lowest BCUT2D eigenvalue weighted by Crippen LogP contribution is -2.54. The number of nitrogens with zero attached hydrogens (tertiary/aromatic N) is 2. The van der Waals surface area contributed by atoms with Crippen molar-refractivity contribution in [1.29, 1.82) is 0 Å². The minimum atomic E-state index is -0.609. The zero-order valence-corrected chi connectivity index (χ0v) is 18.1. The zero-order valence-electron chi connectivity index (χ0n) is 17.3. The molecule has 0 aromatic heterocycles. The average molecular weight is 431 g/mol. The van der Waals surface area contributed by atoms with Crippen LogP contribution in [0.5, 0.6) is 11.5 Å². The second-order valence-corrected chi connectivity index (χ2v) is 7.61. The van der Waals surface area contributed by atoms with Gasteiger partial charge < -0.3 is 19.3 Å². The maximum absolute atomic E-state index is 12.7. The van der Waals surface area contributed by atoms with Gasteiger partial charge in [-0.15, -0.1) is 0 Å². The number of hydrogen-bond donors (Lipinski definition) is 0. The Morgan fingerprint density at radius 3 is 2.30 bits per heavy atom. The van der Waals surface area contributed by atoms with Crippen LogP contribution in [0.1, 0.15) is 19.4 Å². The van der Waals surface area contributed by atoms with Gasteiger partial charge in [-0.2, -0.15) is 0 Å². The van der Waals surface area contributed by atoms with Crippen molar-refractivity contribution in [3.8, 4) is 11.5 Å². The van der Waals surface area contributed by atoms with Gasteiger partial charge in [0, 0.05) is 31.2 Å². The summed E-state index contributed by atoms with van der Waals surface area (Å²) in [6.07, 6.45) is 0.240. The molecule has 1 heterocycles. The van der Waals surface area contributed by atoms with Crippen LogP contribution < -0.4 is 9.47 Å². The molecule has 0 radical (unpaired) electrons. The Morgan fingerprint density at radius 1 is 1.00 bits per heavy atom. The summed E-state index contributed by atoms with van der Waals surface area (Å²) in [6.45, 7) is 5.70. The number of piperazine rings is 1. The summed E-state index contributed by atoms with van der Waals surface area (Å²) in [4.78, 5) is 28.7. The van der Waals surface area contributed by atoms with Gasteiger partial charge in [-0.05, 0) is 49.2 Å². The Hall–Kier alpha value is -2.73. The number of halogens is 1. The van der Waals surface area contributed by atoms with Crippen LogP contribution in [0.3, 0.4) is 0 Å². The molecule has 0 saturated carbocycles. The lowest BCUT2D eigenvalue weighted by molar-refractivity contribution is -0.144. The van der Waals surface area contributed by atoms with E-state index in [1.807, 2.05) is 24.3 Å². The monoisotopic (exact) mass is 430 g/mol. The van der Waals surface area contributed by atoms with Gasteiger partial charge in [-0.3, -0.25) is 9.59 Å². The average Bonchev–Trinajstić information content (AvgIpc) is 2.78. The number of para-hydroxylation sites is 1. The highest BCUT2D eigenvalue weighted by Crippen LogP contribution is 2.19. The van der Waals surface area contributed by atoms with Gasteiger partial charge in [-0.1, -0.05) is 36.7 Å². The molecule has 2 aromatic carbocycles. The fraction of sp³-hybridized carbons (Fsp3) is 0.391. The molecule has 7 heteroatoms. The molecule has 1 atom stereocenters. The van der Waals surface area contributed by atoms with Crippen molar-refractivity contribution in [3.63, 3.8) is 0 Å². The number of carbonyl (C=O) groups is 2. The first-order valence-corrected chi connectivity index (χ1v) is 10.5. The Kier molecular flexibility index (Phi) is 7.57. The van der Waals surface area contributed by atoms with Gasteiger partial charge in [0.25, 0.3) is 11.8 Å². The van der Waals surface area contributed by atoms with Crippen LogP contribution in [0.25, 0.3) is 0 Å². The highest BCUT2D eigenvalue weighted by molar-refractivity contribution is 6.30. The third-order valence-corrected chi connectivity index (χ3v) is 5.37. The Bertz CT molecular complexity index is 864. The van der Waals surface area contributed by atoms with Gasteiger partial charge >= 0.3 is 0 Å². The molecule has 2 amide bonds. The predicted octanol–water partition coefficient (Wildman–Crippen LogP) is 3.42. The molecule has 1 aliphatic heterocycles. The molecule has 2 aromatic rings. The quantitative estimate of drug-likeness (QED) is 0.675. The number of rotatable bonds is 7. The minimum Gasteiger partial charge on any atom is -0.483 e. The summed E-state index contributed by atoms with van der Waals surface area (Å²) in [5.74, 6) is 1.18. The van der Waals surface area contributed by atoms with Crippen LogP contribution in [0.2, 0.25) is 5.02 Å². The molecule has 6 nitrogen and oxygen atoms in total. The fourth-order valence-corrected chi connectivity index (χ4v) is 3.49. The standard InChI is InChI=1S/C23H27ClN2O4/c1-3-18-6-4-5-7-21(18)29-16-22(27)25-12-14-26(15-13-25)23(28)17(2)30-20-10-8-19(24)9-11-20/h4-11,17H,3,12-16H2,1-2H3. The molecule has 0 bridgehead atoms. The van der Waals surface area contributed by atoms with Crippen LogP contribution in [-0.2, 0) is 16.0 Å². The van der Waals surface area contributed by atoms with Crippen molar-refractivity contribution in [2.45, 2.75) is 26.4 Å². The molecular formula is C23H27ClN2O4. The van der Waals surface area contributed by atoms with Gasteiger partial charge in [-0.25, -0.2) is 0 Å². The van der Waals surface area contributed by atoms with Crippen LogP contribution >= 0.6 is 11.6 Å². The summed E-state index contributed by atoms with van der Waals surface area (Å²) < 4.78 is 11.4. The van der Waals surface area contributed by atoms with Crippen molar-refractivity contribution in [2.24, 2.45) is 0 Å². The van der Waals surface area contributed by atoms with E-state index in [2.05, 4.69) is 6.92 Å². The molecule has 0 aliphatic carbocycles. The van der Waals surface area contributed by atoms with Crippen LogP contribution in [0.4, 0.5) is 0 Å². The lowest BCUT2D eigenvalue weighted by Gasteiger charge is -2.35. The van der Waals surface area contributed by atoms with Crippen LogP contribution in [-0.4, -0.2) is 60.5 Å². The third-order valence-electron chi connectivity index (χ3n) is 5.12. The number of carbonyl (C=O) groups excluding carboxylic acids is 2. The van der Waals surface area contributed by atoms with E-state index in [0.29, 0.717) is 37.0 Å². The maximum Gasteiger partial charge on any atom is 0.263 e. The zero-order chi connectivity index (χ0) is 21.5. The minimum absolute atomic E-state index is 0.00103. The van der Waals surface area contributed by atoms with Crippen LogP contribution in [0, 0.1) is 0 Å². The van der Waals surface area contributed by atoms with Crippen molar-refractivity contribution in [1.82, 2.24) is 9.80 Å². The third kappa shape index (κ3) is 5.66. The van der Waals surface area contributed by atoms with E-state index in [1.54, 1.807) is 41.0 Å². The number of benzene rings is 2. The van der Waals surface area contributed by atoms with E-state index in [9.17, 15) is 9.59 Å². The molecule has 1 saturated heterocycles. The first kappa shape index (κ1) is 22.0. The summed E-state index contributed by atoms with van der Waals surface area (Å²) in [5, 5.41) is 0.615. The smallest absolute Gasteiger partial charge is 0.263 e. The number of ether oxygens (including phenoxy) is 2. The molecule has 30 heavy (non-hydrogen) atoms. The summed E-state index contributed by atoms with van der Waals surface area (Å²) in [7, 11) is 0. The molecule has 0 spiro atoms. The molecule has 1 unspecified atom stereocenters. The Morgan fingerprint density at radius 2 is 1.63 bits per heavy atom. The largest absolute Gasteiger partial charge is 0.483 e. The molecule has 1 fully saturated rings. The number of aryl methyl sites for hydroxylation is 1. The topological polar surface area (TPSA) is 59.1 Å². The fourth-order valence-electron chi connectivity index (χ4n) is 3.37. The van der Waals surface area contributed by atoms with E-state index in [4.69, 9.17) is 21.1 Å². The second-order valence-electron chi connectivity index (χ2n) is 7.17. The number of amides is 2. The summed E-state index contributed by atoms with van der Waals surface area (Å²) in [5.41, 5.74) is 1.08.